The lowest BCUT2D eigenvalue weighted by Gasteiger charge is -2.34. The molecule has 1 aromatic carbocycles. The predicted molar refractivity (Wildman–Crippen MR) is 110 cm³/mol. The number of morpholine rings is 1. The number of nitrogens with zero attached hydrogens (tertiary/aromatic N) is 4. The number of piperidine rings is 1. The van der Waals surface area contributed by atoms with Crippen LogP contribution in [0.5, 0.6) is 0 Å². The summed E-state index contributed by atoms with van der Waals surface area (Å²) < 4.78 is 5.42. The first kappa shape index (κ1) is 20.8. The minimum Gasteiger partial charge on any atom is -0.379 e. The molecule has 1 aromatic rings. The Bertz CT molecular complexity index is 632. The highest BCUT2D eigenvalue weighted by Gasteiger charge is 2.24. The highest BCUT2D eigenvalue weighted by Crippen LogP contribution is 2.22. The molecule has 2 aliphatic heterocycles. The van der Waals surface area contributed by atoms with Crippen molar-refractivity contribution in [3.05, 3.63) is 30.3 Å². The summed E-state index contributed by atoms with van der Waals surface area (Å²) >= 11 is 0. The van der Waals surface area contributed by atoms with Gasteiger partial charge in [0.1, 0.15) is 0 Å². The third-order valence-electron chi connectivity index (χ3n) is 5.84. The molecule has 0 radical (unpaired) electrons. The summed E-state index contributed by atoms with van der Waals surface area (Å²) in [7, 11) is 0. The normalized spacial score (nSPS) is 19.2. The second kappa shape index (κ2) is 11.2. The molecule has 6 heteroatoms. The minimum absolute atomic E-state index is 0.0909. The summed E-state index contributed by atoms with van der Waals surface area (Å²) in [6.45, 7) is 7.89. The Morgan fingerprint density at radius 1 is 1.11 bits per heavy atom. The van der Waals surface area contributed by atoms with Crippen molar-refractivity contribution in [3.63, 3.8) is 0 Å². The molecule has 2 saturated heterocycles. The SMILES string of the molecule is N#CCCN(C(=O)CN1CCC(CCN2CCOCC2)CC1)c1ccccc1. The Balaban J connectivity index is 1.43. The summed E-state index contributed by atoms with van der Waals surface area (Å²) in [5, 5.41) is 8.93. The van der Waals surface area contributed by atoms with Crippen molar-refractivity contribution in [2.24, 2.45) is 5.92 Å². The Morgan fingerprint density at radius 3 is 2.50 bits per heavy atom. The van der Waals surface area contributed by atoms with Gasteiger partial charge in [-0.2, -0.15) is 5.26 Å². The zero-order valence-electron chi connectivity index (χ0n) is 16.8. The van der Waals surface area contributed by atoms with Gasteiger partial charge in [-0.3, -0.25) is 14.6 Å². The van der Waals surface area contributed by atoms with Gasteiger partial charge in [0.25, 0.3) is 0 Å². The molecule has 2 aliphatic rings. The lowest BCUT2D eigenvalue weighted by Crippen LogP contribution is -2.44. The number of likely N-dealkylation sites (tertiary alicyclic amines) is 1. The van der Waals surface area contributed by atoms with Gasteiger partial charge in [-0.25, -0.2) is 0 Å². The highest BCUT2D eigenvalue weighted by molar-refractivity contribution is 5.94. The number of ether oxygens (including phenoxy) is 1. The van der Waals surface area contributed by atoms with Crippen LogP contribution in [0, 0.1) is 17.2 Å². The van der Waals surface area contributed by atoms with Crippen LogP contribution < -0.4 is 4.90 Å². The number of nitriles is 1. The molecule has 3 rings (SSSR count). The molecule has 6 nitrogen and oxygen atoms in total. The van der Waals surface area contributed by atoms with Crippen molar-refractivity contribution in [3.8, 4) is 6.07 Å². The zero-order valence-corrected chi connectivity index (χ0v) is 16.8. The molecular formula is C22H32N4O2. The van der Waals surface area contributed by atoms with Crippen molar-refractivity contribution >= 4 is 11.6 Å². The predicted octanol–water partition coefficient (Wildman–Crippen LogP) is 2.37. The van der Waals surface area contributed by atoms with E-state index in [9.17, 15) is 4.79 Å². The van der Waals surface area contributed by atoms with Crippen LogP contribution >= 0.6 is 0 Å². The van der Waals surface area contributed by atoms with Gasteiger partial charge < -0.3 is 9.64 Å². The number of anilines is 1. The first-order chi connectivity index (χ1) is 13.8. The highest BCUT2D eigenvalue weighted by atomic mass is 16.5. The second-order valence-corrected chi connectivity index (χ2v) is 7.75. The molecule has 0 aromatic heterocycles. The number of carbonyl (C=O) groups is 1. The molecule has 0 atom stereocenters. The Morgan fingerprint density at radius 2 is 1.82 bits per heavy atom. The van der Waals surface area contributed by atoms with E-state index in [1.807, 2.05) is 30.3 Å². The first-order valence-corrected chi connectivity index (χ1v) is 10.5. The summed E-state index contributed by atoms with van der Waals surface area (Å²) in [4.78, 5) is 19.4. The van der Waals surface area contributed by atoms with Gasteiger partial charge in [-0.1, -0.05) is 18.2 Å². The third kappa shape index (κ3) is 6.30. The lowest BCUT2D eigenvalue weighted by molar-refractivity contribution is -0.120. The van der Waals surface area contributed by atoms with Gasteiger partial charge in [0.15, 0.2) is 0 Å². The van der Waals surface area contributed by atoms with Gasteiger partial charge in [0.2, 0.25) is 5.91 Å². The van der Waals surface area contributed by atoms with Crippen molar-refractivity contribution < 1.29 is 9.53 Å². The smallest absolute Gasteiger partial charge is 0.241 e. The molecule has 152 valence electrons. The van der Waals surface area contributed by atoms with E-state index in [0.29, 0.717) is 19.5 Å². The zero-order chi connectivity index (χ0) is 19.6. The fraction of sp³-hybridized carbons (Fsp3) is 0.636. The quantitative estimate of drug-likeness (QED) is 0.689. The number of carbonyl (C=O) groups excluding carboxylic acids is 1. The summed E-state index contributed by atoms with van der Waals surface area (Å²) in [6.07, 6.45) is 3.94. The third-order valence-corrected chi connectivity index (χ3v) is 5.84. The van der Waals surface area contributed by atoms with Crippen LogP contribution in [0.2, 0.25) is 0 Å². The molecule has 0 bridgehead atoms. The molecule has 0 saturated carbocycles. The molecular weight excluding hydrogens is 352 g/mol. The van der Waals surface area contributed by atoms with Crippen LogP contribution in [0.4, 0.5) is 5.69 Å². The van der Waals surface area contributed by atoms with Crippen LogP contribution in [0.25, 0.3) is 0 Å². The summed E-state index contributed by atoms with van der Waals surface area (Å²) in [5.41, 5.74) is 0.878. The standard InChI is InChI=1S/C22H32N4O2/c23-10-4-11-26(21-5-2-1-3-6-21)22(27)19-25-13-8-20(9-14-25)7-12-24-15-17-28-18-16-24/h1-3,5-6,20H,4,7-9,11-19H2. The number of amides is 1. The van der Waals surface area contributed by atoms with Crippen LogP contribution in [0.1, 0.15) is 25.7 Å². The Hall–Kier alpha value is -1.94. The van der Waals surface area contributed by atoms with E-state index >= 15 is 0 Å². The van der Waals surface area contributed by atoms with Crippen molar-refractivity contribution in [2.45, 2.75) is 25.7 Å². The van der Waals surface area contributed by atoms with Gasteiger partial charge in [0, 0.05) is 25.3 Å². The first-order valence-electron chi connectivity index (χ1n) is 10.5. The maximum absolute atomic E-state index is 12.9. The number of rotatable bonds is 8. The number of benzene rings is 1. The molecule has 0 spiro atoms. The van der Waals surface area contributed by atoms with E-state index < -0.39 is 0 Å². The monoisotopic (exact) mass is 384 g/mol. The lowest BCUT2D eigenvalue weighted by atomic mass is 9.93. The average Bonchev–Trinajstić information content (AvgIpc) is 2.75. The fourth-order valence-corrected chi connectivity index (χ4v) is 4.07. The second-order valence-electron chi connectivity index (χ2n) is 7.75. The van der Waals surface area contributed by atoms with Gasteiger partial charge in [-0.15, -0.1) is 0 Å². The molecule has 2 heterocycles. The molecule has 0 unspecified atom stereocenters. The largest absolute Gasteiger partial charge is 0.379 e. The van der Waals surface area contributed by atoms with Gasteiger partial charge in [-0.05, 0) is 56.9 Å². The number of hydrogen-bond donors (Lipinski definition) is 0. The maximum Gasteiger partial charge on any atom is 0.241 e. The van der Waals surface area contributed by atoms with Gasteiger partial charge in [0.05, 0.1) is 32.2 Å². The number of hydrogen-bond acceptors (Lipinski definition) is 5. The molecule has 0 aliphatic carbocycles. The van der Waals surface area contributed by atoms with Gasteiger partial charge >= 0.3 is 0 Å². The fourth-order valence-electron chi connectivity index (χ4n) is 4.07. The maximum atomic E-state index is 12.9. The van der Waals surface area contributed by atoms with E-state index in [4.69, 9.17) is 10.00 Å². The van der Waals surface area contributed by atoms with E-state index in [1.165, 1.54) is 25.8 Å². The van der Waals surface area contributed by atoms with Crippen LogP contribution in [0.3, 0.4) is 0 Å². The Labute approximate surface area is 168 Å². The summed E-state index contributed by atoms with van der Waals surface area (Å²) in [6, 6.07) is 11.8. The molecule has 1 amide bonds. The Kier molecular flexibility index (Phi) is 8.28. The van der Waals surface area contributed by atoms with Crippen molar-refractivity contribution in [1.82, 2.24) is 9.80 Å². The van der Waals surface area contributed by atoms with Crippen molar-refractivity contribution in [2.75, 3.05) is 63.9 Å². The summed E-state index contributed by atoms with van der Waals surface area (Å²) in [5.74, 6) is 0.853. The van der Waals surface area contributed by atoms with E-state index in [0.717, 1.165) is 51.0 Å². The van der Waals surface area contributed by atoms with E-state index in [2.05, 4.69) is 15.9 Å². The van der Waals surface area contributed by atoms with Crippen molar-refractivity contribution in [1.29, 1.82) is 5.26 Å². The average molecular weight is 385 g/mol. The minimum atomic E-state index is 0.0909. The number of para-hydroxylation sites is 1. The topological polar surface area (TPSA) is 59.8 Å². The molecule has 2 fully saturated rings. The van der Waals surface area contributed by atoms with Crippen LogP contribution in [0.15, 0.2) is 30.3 Å². The van der Waals surface area contributed by atoms with Crippen LogP contribution in [-0.2, 0) is 9.53 Å². The van der Waals surface area contributed by atoms with E-state index in [-0.39, 0.29) is 5.91 Å². The van der Waals surface area contributed by atoms with Crippen LogP contribution in [-0.4, -0.2) is 74.7 Å². The molecule has 28 heavy (non-hydrogen) atoms. The molecule has 0 N–H and O–H groups in total. The van der Waals surface area contributed by atoms with E-state index in [1.54, 1.807) is 4.90 Å².